The van der Waals surface area contributed by atoms with Gasteiger partial charge in [-0.1, -0.05) is 66.7 Å². The number of pyridine rings is 1. The van der Waals surface area contributed by atoms with E-state index in [1.807, 2.05) is 84.9 Å². The first-order valence-electron chi connectivity index (χ1n) is 10.8. The van der Waals surface area contributed by atoms with Gasteiger partial charge in [-0.25, -0.2) is 4.98 Å². The molecule has 0 bridgehead atoms. The van der Waals surface area contributed by atoms with Crippen LogP contribution in [0.5, 0.6) is 5.75 Å². The van der Waals surface area contributed by atoms with Gasteiger partial charge in [-0.3, -0.25) is 4.79 Å². The fraction of sp³-hybridized carbons (Fsp3) is 0.107. The number of carbonyl (C=O) groups excluding carboxylic acids is 1. The Kier molecular flexibility index (Phi) is 7.59. The number of hydrogen-bond donors (Lipinski definition) is 1. The van der Waals surface area contributed by atoms with E-state index in [9.17, 15) is 10.1 Å². The van der Waals surface area contributed by atoms with Crippen molar-refractivity contribution in [1.82, 2.24) is 4.98 Å². The summed E-state index contributed by atoms with van der Waals surface area (Å²) >= 11 is 1.42. The summed E-state index contributed by atoms with van der Waals surface area (Å²) in [6, 6.07) is 31.3. The van der Waals surface area contributed by atoms with Crippen LogP contribution in [0.1, 0.15) is 12.0 Å². The highest BCUT2D eigenvalue weighted by Crippen LogP contribution is 2.34. The number of benzene rings is 3. The summed E-state index contributed by atoms with van der Waals surface area (Å²) in [6.45, 7) is 0. The molecule has 4 rings (SSSR count). The van der Waals surface area contributed by atoms with Crippen molar-refractivity contribution in [3.05, 3.63) is 96.6 Å². The quantitative estimate of drug-likeness (QED) is 0.304. The molecule has 168 valence electrons. The molecule has 1 N–H and O–H groups in total. The molecule has 1 heterocycles. The Bertz CT molecular complexity index is 1320. The SMILES string of the molecule is COc1cccc(NC(=O)CCSc2nc(-c3ccccc3)cc(-c3ccccc3)c2C#N)c1. The van der Waals surface area contributed by atoms with Gasteiger partial charge < -0.3 is 10.1 Å². The van der Waals surface area contributed by atoms with E-state index in [1.54, 1.807) is 13.2 Å². The normalized spacial score (nSPS) is 10.4. The monoisotopic (exact) mass is 465 g/mol. The molecule has 0 saturated heterocycles. The third-order valence-electron chi connectivity index (χ3n) is 5.17. The summed E-state index contributed by atoms with van der Waals surface area (Å²) in [7, 11) is 1.59. The van der Waals surface area contributed by atoms with Crippen LogP contribution >= 0.6 is 11.8 Å². The Morgan fingerprint density at radius 1 is 0.971 bits per heavy atom. The van der Waals surface area contributed by atoms with Crippen molar-refractivity contribution in [2.75, 3.05) is 18.2 Å². The molecule has 0 atom stereocenters. The average molecular weight is 466 g/mol. The number of ether oxygens (including phenoxy) is 1. The molecule has 6 heteroatoms. The average Bonchev–Trinajstić information content (AvgIpc) is 2.89. The van der Waals surface area contributed by atoms with Crippen molar-refractivity contribution in [2.45, 2.75) is 11.4 Å². The predicted molar refractivity (Wildman–Crippen MR) is 137 cm³/mol. The molecule has 5 nitrogen and oxygen atoms in total. The van der Waals surface area contributed by atoms with E-state index in [4.69, 9.17) is 9.72 Å². The molecule has 0 aliphatic rings. The summed E-state index contributed by atoms with van der Waals surface area (Å²) in [4.78, 5) is 17.3. The number of methoxy groups -OCH3 is 1. The highest BCUT2D eigenvalue weighted by Gasteiger charge is 2.16. The van der Waals surface area contributed by atoms with Crippen LogP contribution in [0.15, 0.2) is 96.0 Å². The number of thioether (sulfide) groups is 1. The fourth-order valence-corrected chi connectivity index (χ4v) is 4.44. The summed E-state index contributed by atoms with van der Waals surface area (Å²) < 4.78 is 5.20. The van der Waals surface area contributed by atoms with Crippen LogP contribution < -0.4 is 10.1 Å². The van der Waals surface area contributed by atoms with Gasteiger partial charge in [0.05, 0.1) is 18.4 Å². The van der Waals surface area contributed by atoms with Crippen LogP contribution in [0.2, 0.25) is 0 Å². The molecular weight excluding hydrogens is 442 g/mol. The molecule has 0 radical (unpaired) electrons. The second-order valence-corrected chi connectivity index (χ2v) is 8.54. The van der Waals surface area contributed by atoms with Crippen LogP contribution in [-0.4, -0.2) is 23.8 Å². The molecule has 0 aliphatic heterocycles. The van der Waals surface area contributed by atoms with Gasteiger partial charge in [0.15, 0.2) is 0 Å². The number of nitriles is 1. The fourth-order valence-electron chi connectivity index (χ4n) is 3.50. The first-order chi connectivity index (χ1) is 16.7. The number of hydrogen-bond acceptors (Lipinski definition) is 5. The van der Waals surface area contributed by atoms with E-state index < -0.39 is 0 Å². The van der Waals surface area contributed by atoms with Crippen LogP contribution in [0.4, 0.5) is 5.69 Å². The molecule has 1 aromatic heterocycles. The number of carbonyl (C=O) groups is 1. The second-order valence-electron chi connectivity index (χ2n) is 7.46. The van der Waals surface area contributed by atoms with Gasteiger partial charge in [-0.05, 0) is 23.8 Å². The van der Waals surface area contributed by atoms with Crippen LogP contribution in [0, 0.1) is 11.3 Å². The lowest BCUT2D eigenvalue weighted by Crippen LogP contribution is -2.12. The molecule has 0 spiro atoms. The largest absolute Gasteiger partial charge is 0.497 e. The Balaban J connectivity index is 1.56. The molecule has 4 aromatic rings. The maximum absolute atomic E-state index is 12.5. The Morgan fingerprint density at radius 3 is 2.35 bits per heavy atom. The topological polar surface area (TPSA) is 75.0 Å². The number of rotatable bonds is 8. The van der Waals surface area contributed by atoms with E-state index in [2.05, 4.69) is 11.4 Å². The highest BCUT2D eigenvalue weighted by molar-refractivity contribution is 7.99. The third-order valence-corrected chi connectivity index (χ3v) is 6.15. The zero-order chi connectivity index (χ0) is 23.8. The Hall–Kier alpha value is -4.08. The molecule has 0 aliphatic carbocycles. The molecule has 0 unspecified atom stereocenters. The van der Waals surface area contributed by atoms with Gasteiger partial charge in [0.1, 0.15) is 16.8 Å². The second kappa shape index (κ2) is 11.2. The van der Waals surface area contributed by atoms with Crippen molar-refractivity contribution >= 4 is 23.4 Å². The molecule has 1 amide bonds. The van der Waals surface area contributed by atoms with Gasteiger partial charge in [0.25, 0.3) is 0 Å². The minimum Gasteiger partial charge on any atom is -0.497 e. The van der Waals surface area contributed by atoms with Gasteiger partial charge >= 0.3 is 0 Å². The minimum absolute atomic E-state index is 0.109. The van der Waals surface area contributed by atoms with Gasteiger partial charge in [0.2, 0.25) is 5.91 Å². The van der Waals surface area contributed by atoms with Crippen LogP contribution in [0.3, 0.4) is 0 Å². The summed E-state index contributed by atoms with van der Waals surface area (Å²) in [5, 5.41) is 13.5. The zero-order valence-electron chi connectivity index (χ0n) is 18.7. The number of amides is 1. The van der Waals surface area contributed by atoms with Gasteiger partial charge in [0, 0.05) is 35.1 Å². The maximum atomic E-state index is 12.5. The molecular formula is C28H23N3O2S. The first kappa shape index (κ1) is 23.1. The zero-order valence-corrected chi connectivity index (χ0v) is 19.5. The lowest BCUT2D eigenvalue weighted by atomic mass is 9.99. The summed E-state index contributed by atoms with van der Waals surface area (Å²) in [5.41, 5.74) is 4.76. The number of anilines is 1. The van der Waals surface area contributed by atoms with E-state index in [0.717, 1.165) is 22.4 Å². The van der Waals surface area contributed by atoms with Crippen molar-refractivity contribution in [1.29, 1.82) is 5.26 Å². The maximum Gasteiger partial charge on any atom is 0.225 e. The number of nitrogens with zero attached hydrogens (tertiary/aromatic N) is 2. The number of nitrogens with one attached hydrogen (secondary N) is 1. The van der Waals surface area contributed by atoms with Crippen molar-refractivity contribution in [2.24, 2.45) is 0 Å². The molecule has 34 heavy (non-hydrogen) atoms. The highest BCUT2D eigenvalue weighted by atomic mass is 32.2. The van der Waals surface area contributed by atoms with Crippen molar-refractivity contribution in [3.63, 3.8) is 0 Å². The Morgan fingerprint density at radius 2 is 1.68 bits per heavy atom. The number of aromatic nitrogens is 1. The predicted octanol–water partition coefficient (Wildman–Crippen LogP) is 6.42. The van der Waals surface area contributed by atoms with E-state index in [-0.39, 0.29) is 12.3 Å². The van der Waals surface area contributed by atoms with Crippen LogP contribution in [-0.2, 0) is 4.79 Å². The van der Waals surface area contributed by atoms with E-state index >= 15 is 0 Å². The van der Waals surface area contributed by atoms with Crippen LogP contribution in [0.25, 0.3) is 22.4 Å². The van der Waals surface area contributed by atoms with Gasteiger partial charge in [-0.15, -0.1) is 11.8 Å². The molecule has 0 saturated carbocycles. The molecule has 3 aromatic carbocycles. The minimum atomic E-state index is -0.109. The lowest BCUT2D eigenvalue weighted by Gasteiger charge is -2.13. The summed E-state index contributed by atoms with van der Waals surface area (Å²) in [5.74, 6) is 1.06. The van der Waals surface area contributed by atoms with Crippen molar-refractivity contribution < 1.29 is 9.53 Å². The first-order valence-corrected chi connectivity index (χ1v) is 11.8. The summed E-state index contributed by atoms with van der Waals surface area (Å²) in [6.07, 6.45) is 0.282. The standard InChI is InChI=1S/C28H23N3O2S/c1-33-23-14-8-13-22(17-23)30-27(32)15-16-34-28-25(19-29)24(20-9-4-2-5-10-20)18-26(31-28)21-11-6-3-7-12-21/h2-14,17-18H,15-16H2,1H3,(H,30,32). The Labute approximate surface area is 203 Å². The lowest BCUT2D eigenvalue weighted by molar-refractivity contribution is -0.115. The van der Waals surface area contributed by atoms with E-state index in [1.165, 1.54) is 11.8 Å². The smallest absolute Gasteiger partial charge is 0.225 e. The third kappa shape index (κ3) is 5.64. The van der Waals surface area contributed by atoms with E-state index in [0.29, 0.717) is 27.8 Å². The van der Waals surface area contributed by atoms with Gasteiger partial charge in [-0.2, -0.15) is 5.26 Å². The molecule has 0 fully saturated rings. The van der Waals surface area contributed by atoms with Crippen molar-refractivity contribution in [3.8, 4) is 34.2 Å².